The molecule has 2 fully saturated rings. The number of methoxy groups -OCH3 is 1. The standard InChI is InChI=1S/C26H35N5O4/c1-28(2)26(33)24-18-30(20-8-10-21(34-3)11-9-20)12-13-31(24)19-25(32)27-22-6-4-5-7-23(22)29-14-16-35-17-15-29/h4-11,24H,12-19H2,1-3H3,(H,27,32)/t24-/m0/s1. The fourth-order valence-corrected chi connectivity index (χ4v) is 4.60. The third-order valence-electron chi connectivity index (χ3n) is 6.53. The number of morpholine rings is 1. The van der Waals surface area contributed by atoms with Crippen LogP contribution in [0.1, 0.15) is 0 Å². The third kappa shape index (κ3) is 6.04. The van der Waals surface area contributed by atoms with Crippen LogP contribution in [0.2, 0.25) is 0 Å². The molecule has 2 aromatic rings. The summed E-state index contributed by atoms with van der Waals surface area (Å²) < 4.78 is 10.7. The van der Waals surface area contributed by atoms with Crippen molar-refractivity contribution in [1.29, 1.82) is 0 Å². The molecule has 188 valence electrons. The number of anilines is 3. The predicted octanol–water partition coefficient (Wildman–Crippen LogP) is 1.75. The van der Waals surface area contributed by atoms with E-state index in [4.69, 9.17) is 9.47 Å². The normalized spacial score (nSPS) is 18.8. The molecule has 0 radical (unpaired) electrons. The number of hydrogen-bond acceptors (Lipinski definition) is 7. The maximum atomic E-state index is 13.1. The molecule has 9 nitrogen and oxygen atoms in total. The number of rotatable bonds is 7. The molecule has 2 heterocycles. The molecule has 2 aliphatic heterocycles. The largest absolute Gasteiger partial charge is 0.497 e. The van der Waals surface area contributed by atoms with E-state index in [1.807, 2.05) is 53.4 Å². The van der Waals surface area contributed by atoms with Crippen LogP contribution in [-0.4, -0.2) is 101 Å². The van der Waals surface area contributed by atoms with Gasteiger partial charge in [-0.2, -0.15) is 0 Å². The van der Waals surface area contributed by atoms with Gasteiger partial charge in [0.15, 0.2) is 0 Å². The van der Waals surface area contributed by atoms with Crippen LogP contribution in [-0.2, 0) is 14.3 Å². The van der Waals surface area contributed by atoms with Crippen LogP contribution in [0.4, 0.5) is 17.1 Å². The van der Waals surface area contributed by atoms with Gasteiger partial charge in [-0.3, -0.25) is 14.5 Å². The molecule has 1 N–H and O–H groups in total. The molecule has 1 atom stereocenters. The smallest absolute Gasteiger partial charge is 0.241 e. The van der Waals surface area contributed by atoms with Gasteiger partial charge >= 0.3 is 0 Å². The lowest BCUT2D eigenvalue weighted by molar-refractivity contribution is -0.135. The molecule has 2 aliphatic rings. The number of hydrogen-bond donors (Lipinski definition) is 1. The highest BCUT2D eigenvalue weighted by Gasteiger charge is 2.34. The summed E-state index contributed by atoms with van der Waals surface area (Å²) in [7, 11) is 5.15. The number of carbonyl (C=O) groups excluding carboxylic acids is 2. The van der Waals surface area contributed by atoms with Gasteiger partial charge in [0.05, 0.1) is 38.2 Å². The molecular formula is C26H35N5O4. The van der Waals surface area contributed by atoms with Gasteiger partial charge in [-0.05, 0) is 36.4 Å². The molecule has 0 spiro atoms. The van der Waals surface area contributed by atoms with Crippen LogP contribution >= 0.6 is 0 Å². The van der Waals surface area contributed by atoms with E-state index < -0.39 is 6.04 Å². The quantitative estimate of drug-likeness (QED) is 0.646. The average molecular weight is 482 g/mol. The number of likely N-dealkylation sites (N-methyl/N-ethyl adjacent to an activating group) is 1. The number of nitrogens with zero attached hydrogens (tertiary/aromatic N) is 4. The summed E-state index contributed by atoms with van der Waals surface area (Å²) in [5.41, 5.74) is 2.81. The van der Waals surface area contributed by atoms with Gasteiger partial charge in [-0.1, -0.05) is 12.1 Å². The lowest BCUT2D eigenvalue weighted by Crippen LogP contribution is -2.60. The molecular weight excluding hydrogens is 446 g/mol. The number of amides is 2. The minimum Gasteiger partial charge on any atom is -0.497 e. The Kier molecular flexibility index (Phi) is 8.09. The van der Waals surface area contributed by atoms with Crippen molar-refractivity contribution in [1.82, 2.24) is 9.80 Å². The molecule has 0 aliphatic carbocycles. The van der Waals surface area contributed by atoms with E-state index >= 15 is 0 Å². The van der Waals surface area contributed by atoms with Crippen LogP contribution < -0.4 is 19.9 Å². The number of carbonyl (C=O) groups is 2. The van der Waals surface area contributed by atoms with Crippen molar-refractivity contribution in [2.45, 2.75) is 6.04 Å². The zero-order chi connectivity index (χ0) is 24.8. The Labute approximate surface area is 207 Å². The van der Waals surface area contributed by atoms with E-state index in [0.29, 0.717) is 26.3 Å². The molecule has 2 amide bonds. The Hall–Kier alpha value is -3.30. The molecule has 35 heavy (non-hydrogen) atoms. The second kappa shape index (κ2) is 11.4. The van der Waals surface area contributed by atoms with Gasteiger partial charge in [0, 0.05) is 52.5 Å². The third-order valence-corrected chi connectivity index (χ3v) is 6.53. The van der Waals surface area contributed by atoms with E-state index in [1.165, 1.54) is 0 Å². The minimum absolute atomic E-state index is 0.00951. The Morgan fingerprint density at radius 1 is 1.00 bits per heavy atom. The second-order valence-corrected chi connectivity index (χ2v) is 9.03. The van der Waals surface area contributed by atoms with Crippen LogP contribution in [0.5, 0.6) is 5.75 Å². The maximum absolute atomic E-state index is 13.1. The SMILES string of the molecule is COc1ccc(N2CCN(CC(=O)Nc3ccccc3N3CCOCC3)[C@H](C(=O)N(C)C)C2)cc1. The summed E-state index contributed by atoms with van der Waals surface area (Å²) in [4.78, 5) is 34.2. The van der Waals surface area contributed by atoms with Crippen molar-refractivity contribution in [3.05, 3.63) is 48.5 Å². The summed E-state index contributed by atoms with van der Waals surface area (Å²) in [5, 5.41) is 3.08. The van der Waals surface area contributed by atoms with Gasteiger partial charge in [0.1, 0.15) is 11.8 Å². The predicted molar refractivity (Wildman–Crippen MR) is 137 cm³/mol. The molecule has 0 saturated carbocycles. The van der Waals surface area contributed by atoms with Crippen molar-refractivity contribution in [3.63, 3.8) is 0 Å². The fraction of sp³-hybridized carbons (Fsp3) is 0.462. The molecule has 0 unspecified atom stereocenters. The highest BCUT2D eigenvalue weighted by atomic mass is 16.5. The Morgan fingerprint density at radius 2 is 1.71 bits per heavy atom. The summed E-state index contributed by atoms with van der Waals surface area (Å²) >= 11 is 0. The van der Waals surface area contributed by atoms with Crippen LogP contribution in [0.25, 0.3) is 0 Å². The van der Waals surface area contributed by atoms with Crippen LogP contribution in [0.3, 0.4) is 0 Å². The van der Waals surface area contributed by atoms with E-state index in [9.17, 15) is 9.59 Å². The highest BCUT2D eigenvalue weighted by molar-refractivity contribution is 5.96. The first-order valence-corrected chi connectivity index (χ1v) is 12.0. The first-order chi connectivity index (χ1) is 17.0. The minimum atomic E-state index is -0.416. The highest BCUT2D eigenvalue weighted by Crippen LogP contribution is 2.27. The second-order valence-electron chi connectivity index (χ2n) is 9.03. The summed E-state index contributed by atoms with van der Waals surface area (Å²) in [5.74, 6) is 0.659. The van der Waals surface area contributed by atoms with Crippen molar-refractivity contribution in [2.24, 2.45) is 0 Å². The molecule has 0 aromatic heterocycles. The van der Waals surface area contributed by atoms with Crippen molar-refractivity contribution in [2.75, 3.05) is 88.8 Å². The number of piperazine rings is 1. The van der Waals surface area contributed by atoms with Gasteiger partial charge in [-0.15, -0.1) is 0 Å². The van der Waals surface area contributed by atoms with Gasteiger partial charge < -0.3 is 29.5 Å². The van der Waals surface area contributed by atoms with Crippen molar-refractivity contribution < 1.29 is 19.1 Å². The first kappa shape index (κ1) is 24.8. The number of nitrogens with one attached hydrogen (secondary N) is 1. The lowest BCUT2D eigenvalue weighted by Gasteiger charge is -2.42. The molecule has 2 aromatic carbocycles. The molecule has 4 rings (SSSR count). The number of ether oxygens (including phenoxy) is 2. The monoisotopic (exact) mass is 481 g/mol. The van der Waals surface area contributed by atoms with Crippen LogP contribution in [0, 0.1) is 0 Å². The van der Waals surface area contributed by atoms with Crippen molar-refractivity contribution >= 4 is 28.9 Å². The zero-order valence-corrected chi connectivity index (χ0v) is 20.8. The summed E-state index contributed by atoms with van der Waals surface area (Å²) in [6, 6.07) is 15.3. The molecule has 0 bridgehead atoms. The first-order valence-electron chi connectivity index (χ1n) is 12.0. The van der Waals surface area contributed by atoms with E-state index in [0.717, 1.165) is 42.4 Å². The van der Waals surface area contributed by atoms with E-state index in [1.54, 1.807) is 26.1 Å². The van der Waals surface area contributed by atoms with Crippen LogP contribution in [0.15, 0.2) is 48.5 Å². The molecule has 2 saturated heterocycles. The summed E-state index contributed by atoms with van der Waals surface area (Å²) in [6.45, 7) is 4.93. The van der Waals surface area contributed by atoms with Gasteiger partial charge in [0.25, 0.3) is 0 Å². The Balaban J connectivity index is 1.45. The number of benzene rings is 2. The van der Waals surface area contributed by atoms with E-state index in [-0.39, 0.29) is 18.4 Å². The average Bonchev–Trinajstić information content (AvgIpc) is 2.89. The van der Waals surface area contributed by atoms with Gasteiger partial charge in [-0.25, -0.2) is 0 Å². The maximum Gasteiger partial charge on any atom is 0.241 e. The van der Waals surface area contributed by atoms with E-state index in [2.05, 4.69) is 15.1 Å². The fourth-order valence-electron chi connectivity index (χ4n) is 4.60. The van der Waals surface area contributed by atoms with Gasteiger partial charge in [0.2, 0.25) is 11.8 Å². The summed E-state index contributed by atoms with van der Waals surface area (Å²) in [6.07, 6.45) is 0. The Morgan fingerprint density at radius 3 is 2.40 bits per heavy atom. The zero-order valence-electron chi connectivity index (χ0n) is 20.8. The number of para-hydroxylation sites is 2. The molecule has 9 heteroatoms. The van der Waals surface area contributed by atoms with Crippen molar-refractivity contribution in [3.8, 4) is 5.75 Å². The topological polar surface area (TPSA) is 77.6 Å². The lowest BCUT2D eigenvalue weighted by atomic mass is 10.1. The Bertz CT molecular complexity index is 1010.